The highest BCUT2D eigenvalue weighted by Gasteiger charge is 2.69. The lowest BCUT2D eigenvalue weighted by Gasteiger charge is -2.35. The highest BCUT2D eigenvalue weighted by atomic mass is 19.1. The van der Waals surface area contributed by atoms with E-state index in [1.54, 1.807) is 44.2 Å². The maximum Gasteiger partial charge on any atom is 0.326 e. The molecule has 0 bridgehead atoms. The van der Waals surface area contributed by atoms with Crippen LogP contribution >= 0.6 is 0 Å². The fourth-order valence-electron chi connectivity index (χ4n) is 4.38. The van der Waals surface area contributed by atoms with E-state index in [0.717, 1.165) is 0 Å². The van der Waals surface area contributed by atoms with E-state index in [4.69, 9.17) is 14.2 Å². The second-order valence-corrected chi connectivity index (χ2v) is 7.35. The lowest BCUT2D eigenvalue weighted by atomic mass is 9.66. The number of carbonyl (C=O) groups is 3. The number of halogens is 1. The van der Waals surface area contributed by atoms with E-state index in [-0.39, 0.29) is 13.2 Å². The zero-order valence-corrected chi connectivity index (χ0v) is 18.2. The van der Waals surface area contributed by atoms with Crippen LogP contribution in [0.5, 0.6) is 0 Å². The minimum Gasteiger partial charge on any atom is -0.468 e. The molecule has 32 heavy (non-hydrogen) atoms. The molecule has 8 heteroatoms. The molecule has 2 aromatic rings. The van der Waals surface area contributed by atoms with Crippen LogP contribution in [0.3, 0.4) is 0 Å². The minimum atomic E-state index is -1.95. The Labute approximate surface area is 185 Å². The summed E-state index contributed by atoms with van der Waals surface area (Å²) in [5, 5.41) is 3.12. The Hall–Kier alpha value is -3.26. The van der Waals surface area contributed by atoms with E-state index >= 15 is 0 Å². The van der Waals surface area contributed by atoms with Crippen LogP contribution in [0.1, 0.15) is 36.9 Å². The fraction of sp³-hybridized carbons (Fsp3) is 0.375. The average Bonchev–Trinajstić information content (AvgIpc) is 3.17. The Bertz CT molecular complexity index is 944. The first-order valence-electron chi connectivity index (χ1n) is 10.4. The summed E-state index contributed by atoms with van der Waals surface area (Å²) in [6.45, 7) is 3.28. The molecule has 3 atom stereocenters. The average molecular weight is 443 g/mol. The minimum absolute atomic E-state index is 0.0144. The standard InChI is InChI=1S/C24H26FNO6/c1-4-31-22(28)24(23(29)32-5-2)18(15-11-13-17(25)14-12-15)19(21(27)30-3)26-20(24)16-9-7-6-8-10-16/h6-14,18-20,26H,4-5H2,1-3H3/t18-,19+,20+/m0/s1. The number of ether oxygens (including phenoxy) is 3. The van der Waals surface area contributed by atoms with Crippen LogP contribution in [0, 0.1) is 11.2 Å². The summed E-state index contributed by atoms with van der Waals surface area (Å²) in [6, 6.07) is 12.1. The van der Waals surface area contributed by atoms with Gasteiger partial charge >= 0.3 is 17.9 Å². The first-order valence-corrected chi connectivity index (χ1v) is 10.4. The Balaban J connectivity index is 2.34. The predicted molar refractivity (Wildman–Crippen MR) is 113 cm³/mol. The van der Waals surface area contributed by atoms with Crippen LogP contribution in [0.2, 0.25) is 0 Å². The summed E-state index contributed by atoms with van der Waals surface area (Å²) >= 11 is 0. The zero-order chi connectivity index (χ0) is 23.3. The molecule has 1 heterocycles. The van der Waals surface area contributed by atoms with Gasteiger partial charge in [0.05, 0.1) is 26.4 Å². The smallest absolute Gasteiger partial charge is 0.326 e. The molecule has 0 amide bonds. The van der Waals surface area contributed by atoms with Gasteiger partial charge in [-0.25, -0.2) is 4.39 Å². The van der Waals surface area contributed by atoms with Crippen molar-refractivity contribution in [2.75, 3.05) is 20.3 Å². The molecule has 1 fully saturated rings. The monoisotopic (exact) mass is 443 g/mol. The van der Waals surface area contributed by atoms with E-state index in [9.17, 15) is 18.8 Å². The van der Waals surface area contributed by atoms with Crippen LogP contribution in [0.4, 0.5) is 4.39 Å². The molecule has 7 nitrogen and oxygen atoms in total. The number of hydrogen-bond donors (Lipinski definition) is 1. The Morgan fingerprint density at radius 2 is 1.47 bits per heavy atom. The van der Waals surface area contributed by atoms with Gasteiger partial charge in [-0.2, -0.15) is 0 Å². The molecular weight excluding hydrogens is 417 g/mol. The number of methoxy groups -OCH3 is 1. The fourth-order valence-corrected chi connectivity index (χ4v) is 4.38. The topological polar surface area (TPSA) is 90.9 Å². The maximum atomic E-state index is 13.7. The van der Waals surface area contributed by atoms with Gasteiger partial charge in [0, 0.05) is 5.92 Å². The van der Waals surface area contributed by atoms with Gasteiger partial charge in [0.25, 0.3) is 0 Å². The third-order valence-corrected chi connectivity index (χ3v) is 5.67. The predicted octanol–water partition coefficient (Wildman–Crippen LogP) is 2.91. The van der Waals surface area contributed by atoms with Crippen molar-refractivity contribution in [3.05, 3.63) is 71.5 Å². The third kappa shape index (κ3) is 3.98. The van der Waals surface area contributed by atoms with E-state index in [1.807, 2.05) is 0 Å². The first-order chi connectivity index (χ1) is 15.4. The number of benzene rings is 2. The summed E-state index contributed by atoms with van der Waals surface area (Å²) in [6.07, 6.45) is 0. The molecule has 1 aliphatic rings. The van der Waals surface area contributed by atoms with Crippen LogP contribution in [0.15, 0.2) is 54.6 Å². The summed E-state index contributed by atoms with van der Waals surface area (Å²) in [4.78, 5) is 40.0. The number of esters is 3. The second-order valence-electron chi connectivity index (χ2n) is 7.35. The molecule has 0 aliphatic carbocycles. The maximum absolute atomic E-state index is 13.7. The van der Waals surface area contributed by atoms with Gasteiger partial charge in [-0.05, 0) is 37.1 Å². The molecular formula is C24H26FNO6. The Kier molecular flexibility index (Phi) is 7.25. The quantitative estimate of drug-likeness (QED) is 0.400. The first kappa shape index (κ1) is 23.4. The van der Waals surface area contributed by atoms with Crippen molar-refractivity contribution >= 4 is 17.9 Å². The molecule has 0 aromatic heterocycles. The van der Waals surface area contributed by atoms with Crippen molar-refractivity contribution in [1.29, 1.82) is 0 Å². The van der Waals surface area contributed by atoms with E-state index in [2.05, 4.69) is 5.32 Å². The molecule has 170 valence electrons. The molecule has 0 radical (unpaired) electrons. The van der Waals surface area contributed by atoms with Gasteiger partial charge in [0.1, 0.15) is 11.9 Å². The van der Waals surface area contributed by atoms with Crippen molar-refractivity contribution in [3.8, 4) is 0 Å². The largest absolute Gasteiger partial charge is 0.468 e. The van der Waals surface area contributed by atoms with Crippen molar-refractivity contribution in [2.24, 2.45) is 5.41 Å². The van der Waals surface area contributed by atoms with Gasteiger partial charge in [0.2, 0.25) is 0 Å². The molecule has 3 rings (SSSR count). The van der Waals surface area contributed by atoms with Crippen molar-refractivity contribution < 1.29 is 33.0 Å². The SMILES string of the molecule is CCOC(=O)C1(C(=O)OCC)[C@@H](c2ccccc2)N[C@@H](C(=O)OC)[C@@H]1c1ccc(F)cc1. The normalized spacial score (nSPS) is 21.6. The van der Waals surface area contributed by atoms with E-state index in [1.165, 1.54) is 31.4 Å². The van der Waals surface area contributed by atoms with E-state index < -0.39 is 47.1 Å². The molecule has 0 saturated carbocycles. The van der Waals surface area contributed by atoms with Gasteiger partial charge < -0.3 is 14.2 Å². The van der Waals surface area contributed by atoms with Gasteiger partial charge in [-0.3, -0.25) is 19.7 Å². The molecule has 2 aromatic carbocycles. The third-order valence-electron chi connectivity index (χ3n) is 5.67. The summed E-state index contributed by atoms with van der Waals surface area (Å²) in [7, 11) is 1.22. The van der Waals surface area contributed by atoms with Crippen LogP contribution in [-0.2, 0) is 28.6 Å². The molecule has 1 aliphatic heterocycles. The van der Waals surface area contributed by atoms with E-state index in [0.29, 0.717) is 11.1 Å². The summed E-state index contributed by atoms with van der Waals surface area (Å²) in [5.41, 5.74) is -0.967. The number of rotatable bonds is 7. The number of nitrogens with one attached hydrogen (secondary N) is 1. The lowest BCUT2D eigenvalue weighted by molar-refractivity contribution is -0.174. The highest BCUT2D eigenvalue weighted by Crippen LogP contribution is 2.55. The van der Waals surface area contributed by atoms with Gasteiger partial charge in [-0.15, -0.1) is 0 Å². The second kappa shape index (κ2) is 9.91. The number of carbonyl (C=O) groups excluding carboxylic acids is 3. The van der Waals surface area contributed by atoms with Gasteiger partial charge in [-0.1, -0.05) is 42.5 Å². The Morgan fingerprint density at radius 1 is 0.906 bits per heavy atom. The number of hydrogen-bond acceptors (Lipinski definition) is 7. The summed E-state index contributed by atoms with van der Waals surface area (Å²) in [5.74, 6) is -3.90. The zero-order valence-electron chi connectivity index (χ0n) is 18.2. The molecule has 0 spiro atoms. The molecule has 1 saturated heterocycles. The van der Waals surface area contributed by atoms with Crippen molar-refractivity contribution in [2.45, 2.75) is 31.8 Å². The van der Waals surface area contributed by atoms with Crippen molar-refractivity contribution in [3.63, 3.8) is 0 Å². The van der Waals surface area contributed by atoms with Crippen LogP contribution in [0.25, 0.3) is 0 Å². The molecule has 1 N–H and O–H groups in total. The molecule has 0 unspecified atom stereocenters. The lowest BCUT2D eigenvalue weighted by Crippen LogP contribution is -2.49. The highest BCUT2D eigenvalue weighted by molar-refractivity contribution is 6.04. The summed E-state index contributed by atoms with van der Waals surface area (Å²) < 4.78 is 29.4. The van der Waals surface area contributed by atoms with Crippen LogP contribution in [-0.4, -0.2) is 44.3 Å². The Morgan fingerprint density at radius 3 is 1.97 bits per heavy atom. The van der Waals surface area contributed by atoms with Crippen LogP contribution < -0.4 is 5.32 Å². The van der Waals surface area contributed by atoms with Gasteiger partial charge in [0.15, 0.2) is 5.41 Å². The van der Waals surface area contributed by atoms with Crippen molar-refractivity contribution in [1.82, 2.24) is 5.32 Å².